The van der Waals surface area contributed by atoms with Crippen LogP contribution in [0, 0.1) is 13.8 Å². The molecule has 0 spiro atoms. The molecule has 0 saturated carbocycles. The van der Waals surface area contributed by atoms with Crippen molar-refractivity contribution >= 4 is 7.82 Å². The summed E-state index contributed by atoms with van der Waals surface area (Å²) in [5.41, 5.74) is 2.42. The van der Waals surface area contributed by atoms with Crippen LogP contribution in [0.1, 0.15) is 11.1 Å². The van der Waals surface area contributed by atoms with Crippen molar-refractivity contribution in [2.24, 2.45) is 0 Å². The van der Waals surface area contributed by atoms with Gasteiger partial charge >= 0.3 is 7.82 Å². The minimum atomic E-state index is -4.64. The van der Waals surface area contributed by atoms with Crippen molar-refractivity contribution in [2.75, 3.05) is 0 Å². The Hall–Kier alpha value is -2.63. The van der Waals surface area contributed by atoms with E-state index in [-0.39, 0.29) is 0 Å². The maximum Gasteiger partial charge on any atom is 0.466 e. The summed E-state index contributed by atoms with van der Waals surface area (Å²) in [4.78, 5) is 21.6. The fraction of sp³-hybridized carbons (Fsp3) is 0.100. The molecule has 7 heteroatoms. The van der Waals surface area contributed by atoms with Crippen LogP contribution in [0.5, 0.6) is 23.0 Å². The lowest BCUT2D eigenvalue weighted by Crippen LogP contribution is -1.87. The Bertz CT molecular complexity index is 830. The van der Waals surface area contributed by atoms with Gasteiger partial charge in [-0.25, -0.2) is 4.57 Å². The fourth-order valence-corrected chi connectivity index (χ4v) is 2.09. The molecule has 3 aromatic carbocycles. The number of ether oxygens (including phenoxy) is 2. The first-order valence-corrected chi connectivity index (χ1v) is 9.63. The van der Waals surface area contributed by atoms with Crippen LogP contribution in [-0.2, 0) is 4.57 Å². The Morgan fingerprint density at radius 2 is 0.963 bits per heavy atom. The lowest BCUT2D eigenvalue weighted by Gasteiger charge is -2.09. The SMILES string of the molecule is Cc1ccc(Oc2cccc(Oc3ccc(C)cc3)c2)cc1.O=P(O)(O)O. The molecule has 3 rings (SSSR count). The highest BCUT2D eigenvalue weighted by molar-refractivity contribution is 7.45. The number of hydrogen-bond acceptors (Lipinski definition) is 3. The van der Waals surface area contributed by atoms with Crippen molar-refractivity contribution in [3.63, 3.8) is 0 Å². The van der Waals surface area contributed by atoms with Crippen molar-refractivity contribution in [1.29, 1.82) is 0 Å². The number of aryl methyl sites for hydroxylation is 2. The molecule has 3 aromatic rings. The lowest BCUT2D eigenvalue weighted by molar-refractivity contribution is 0.275. The molecule has 0 amide bonds. The van der Waals surface area contributed by atoms with Gasteiger partial charge in [0.15, 0.2) is 0 Å². The van der Waals surface area contributed by atoms with E-state index in [9.17, 15) is 0 Å². The predicted octanol–water partition coefficient (Wildman–Crippen LogP) is 4.96. The summed E-state index contributed by atoms with van der Waals surface area (Å²) >= 11 is 0. The molecule has 0 unspecified atom stereocenters. The standard InChI is InChI=1S/C20H18O2.H3O4P/c1-15-6-10-17(11-7-15)21-19-4-3-5-20(14-19)22-18-12-8-16(2)9-13-18;1-5(2,3)4/h3-14H,1-2H3;(H3,1,2,3,4). The van der Waals surface area contributed by atoms with Crippen LogP contribution >= 0.6 is 7.82 Å². The maximum atomic E-state index is 8.88. The van der Waals surface area contributed by atoms with Gasteiger partial charge in [-0.15, -0.1) is 0 Å². The van der Waals surface area contributed by atoms with Crippen molar-refractivity contribution in [1.82, 2.24) is 0 Å². The normalized spacial score (nSPS) is 10.6. The minimum Gasteiger partial charge on any atom is -0.457 e. The van der Waals surface area contributed by atoms with Gasteiger partial charge in [0.2, 0.25) is 0 Å². The molecule has 27 heavy (non-hydrogen) atoms. The second-order valence-corrected chi connectivity index (χ2v) is 6.84. The van der Waals surface area contributed by atoms with Crippen LogP contribution in [0.15, 0.2) is 72.8 Å². The third kappa shape index (κ3) is 8.53. The van der Waals surface area contributed by atoms with E-state index >= 15 is 0 Å². The van der Waals surface area contributed by atoms with Gasteiger partial charge in [0.1, 0.15) is 23.0 Å². The number of phosphoric acid groups is 1. The van der Waals surface area contributed by atoms with Crippen LogP contribution in [-0.4, -0.2) is 14.7 Å². The average Bonchev–Trinajstić information content (AvgIpc) is 2.58. The molecular formula is C20H21O6P. The molecule has 0 radical (unpaired) electrons. The van der Waals surface area contributed by atoms with Crippen molar-refractivity contribution in [3.05, 3.63) is 83.9 Å². The van der Waals surface area contributed by atoms with E-state index in [4.69, 9.17) is 28.7 Å². The summed E-state index contributed by atoms with van der Waals surface area (Å²) in [6.45, 7) is 4.11. The third-order valence-corrected chi connectivity index (χ3v) is 3.32. The summed E-state index contributed by atoms with van der Waals surface area (Å²) in [5, 5.41) is 0. The number of rotatable bonds is 4. The smallest absolute Gasteiger partial charge is 0.457 e. The van der Waals surface area contributed by atoms with E-state index in [1.54, 1.807) is 0 Å². The van der Waals surface area contributed by atoms with Gasteiger partial charge in [-0.2, -0.15) is 0 Å². The van der Waals surface area contributed by atoms with Crippen molar-refractivity contribution in [2.45, 2.75) is 13.8 Å². The third-order valence-electron chi connectivity index (χ3n) is 3.32. The molecule has 0 atom stereocenters. The Morgan fingerprint density at radius 1 is 0.630 bits per heavy atom. The van der Waals surface area contributed by atoms with Crippen LogP contribution < -0.4 is 9.47 Å². The van der Waals surface area contributed by atoms with Crippen molar-refractivity contribution < 1.29 is 28.7 Å². The zero-order chi connectivity index (χ0) is 19.9. The zero-order valence-corrected chi connectivity index (χ0v) is 15.8. The van der Waals surface area contributed by atoms with Gasteiger partial charge < -0.3 is 24.2 Å². The highest BCUT2D eigenvalue weighted by Gasteiger charge is 2.02. The summed E-state index contributed by atoms with van der Waals surface area (Å²) in [6.07, 6.45) is 0. The molecule has 0 aliphatic heterocycles. The summed E-state index contributed by atoms with van der Waals surface area (Å²) in [7, 11) is -4.64. The Kier molecular flexibility index (Phi) is 7.16. The first kappa shape index (κ1) is 20.7. The monoisotopic (exact) mass is 388 g/mol. The first-order valence-electron chi connectivity index (χ1n) is 8.06. The van der Waals surface area contributed by atoms with Gasteiger partial charge in [-0.05, 0) is 50.2 Å². The molecule has 0 bridgehead atoms. The Morgan fingerprint density at radius 3 is 1.30 bits per heavy atom. The second-order valence-electron chi connectivity index (χ2n) is 5.82. The molecule has 0 saturated heterocycles. The fourth-order valence-electron chi connectivity index (χ4n) is 2.09. The van der Waals surface area contributed by atoms with Crippen LogP contribution in [0.2, 0.25) is 0 Å². The lowest BCUT2D eigenvalue weighted by atomic mass is 10.2. The molecule has 0 heterocycles. The van der Waals surface area contributed by atoms with Crippen LogP contribution in [0.3, 0.4) is 0 Å². The molecule has 0 aliphatic carbocycles. The topological polar surface area (TPSA) is 96.2 Å². The predicted molar refractivity (Wildman–Crippen MR) is 103 cm³/mol. The van der Waals surface area contributed by atoms with Gasteiger partial charge in [0.25, 0.3) is 0 Å². The first-order chi connectivity index (χ1) is 12.7. The molecule has 142 valence electrons. The highest BCUT2D eigenvalue weighted by atomic mass is 31.2. The van der Waals surface area contributed by atoms with Gasteiger partial charge in [0, 0.05) is 6.07 Å². The van der Waals surface area contributed by atoms with E-state index in [0.717, 1.165) is 23.0 Å². The highest BCUT2D eigenvalue weighted by Crippen LogP contribution is 2.28. The van der Waals surface area contributed by atoms with Crippen LogP contribution in [0.25, 0.3) is 0 Å². The summed E-state index contributed by atoms with van der Waals surface area (Å²) in [6, 6.07) is 23.6. The number of hydrogen-bond donors (Lipinski definition) is 3. The average molecular weight is 388 g/mol. The molecule has 3 N–H and O–H groups in total. The molecule has 0 aromatic heterocycles. The van der Waals surface area contributed by atoms with E-state index in [1.807, 2.05) is 72.8 Å². The van der Waals surface area contributed by atoms with Crippen molar-refractivity contribution in [3.8, 4) is 23.0 Å². The maximum absolute atomic E-state index is 8.88. The van der Waals surface area contributed by atoms with Gasteiger partial charge in [0.05, 0.1) is 0 Å². The second kappa shape index (κ2) is 9.35. The molecule has 0 fully saturated rings. The largest absolute Gasteiger partial charge is 0.466 e. The van der Waals surface area contributed by atoms with E-state index in [2.05, 4.69) is 13.8 Å². The minimum absolute atomic E-state index is 0.758. The summed E-state index contributed by atoms with van der Waals surface area (Å²) < 4.78 is 20.6. The van der Waals surface area contributed by atoms with Gasteiger partial charge in [-0.1, -0.05) is 41.5 Å². The van der Waals surface area contributed by atoms with Gasteiger partial charge in [-0.3, -0.25) is 0 Å². The zero-order valence-electron chi connectivity index (χ0n) is 14.9. The quantitative estimate of drug-likeness (QED) is 0.547. The Labute approximate surface area is 157 Å². The Balaban J connectivity index is 0.000000465. The molecular weight excluding hydrogens is 367 g/mol. The molecule has 0 aliphatic rings. The summed E-state index contributed by atoms with van der Waals surface area (Å²) in [5.74, 6) is 3.15. The molecule has 6 nitrogen and oxygen atoms in total. The van der Waals surface area contributed by atoms with E-state index < -0.39 is 7.82 Å². The van der Waals surface area contributed by atoms with E-state index in [0.29, 0.717) is 0 Å². The number of benzene rings is 3. The van der Waals surface area contributed by atoms with Crippen LogP contribution in [0.4, 0.5) is 0 Å². The van der Waals surface area contributed by atoms with E-state index in [1.165, 1.54) is 11.1 Å².